The first-order valence-corrected chi connectivity index (χ1v) is 15.4. The van der Waals surface area contributed by atoms with Gasteiger partial charge < -0.3 is 9.64 Å². The van der Waals surface area contributed by atoms with E-state index in [9.17, 15) is 8.42 Å². The Bertz CT molecular complexity index is 1250. The molecule has 2 aromatic heterocycles. The first-order valence-electron chi connectivity index (χ1n) is 12.8. The fourth-order valence-corrected chi connectivity index (χ4v) is 8.59. The zero-order chi connectivity index (χ0) is 25.9. The number of hydrogen-bond donors (Lipinski definition) is 2. The normalized spacial score (nSPS) is 30.0. The number of halogens is 2. The average Bonchev–Trinajstić information content (AvgIpc) is 3.20. The molecule has 12 heteroatoms. The van der Waals surface area contributed by atoms with Crippen molar-refractivity contribution in [3.05, 3.63) is 51.9 Å². The van der Waals surface area contributed by atoms with Gasteiger partial charge in [0.25, 0.3) is 0 Å². The highest BCUT2D eigenvalue weighted by atomic mass is 35.5. The number of nitrogens with one attached hydrogen (secondary N) is 2. The number of ether oxygens (including phenoxy) is 1. The molecule has 3 saturated heterocycles. The summed E-state index contributed by atoms with van der Waals surface area (Å²) in [5.41, 5.74) is 8.65. The van der Waals surface area contributed by atoms with E-state index < -0.39 is 10.0 Å². The third-order valence-corrected chi connectivity index (χ3v) is 10.5. The third-order valence-electron chi connectivity index (χ3n) is 8.53. The SMILES string of the molecule is C[C@@H](OC1CCC2NNC(c3ccc(N4CC5(CCN5S(C)(=O)=O)C4)nc3)C2C1)c1c(Cl)cncc1Cl. The lowest BCUT2D eigenvalue weighted by Gasteiger charge is -2.61. The van der Waals surface area contributed by atoms with E-state index in [0.29, 0.717) is 41.6 Å². The third kappa shape index (κ3) is 4.64. The summed E-state index contributed by atoms with van der Waals surface area (Å²) in [5, 5.41) is 1.05. The van der Waals surface area contributed by atoms with Crippen molar-refractivity contribution in [3.8, 4) is 0 Å². The highest BCUT2D eigenvalue weighted by molar-refractivity contribution is 7.88. The van der Waals surface area contributed by atoms with Gasteiger partial charge in [0, 0.05) is 49.8 Å². The lowest BCUT2D eigenvalue weighted by Crippen LogP contribution is -2.77. The summed E-state index contributed by atoms with van der Waals surface area (Å²) in [6, 6.07) is 4.70. The number of rotatable bonds is 6. The maximum absolute atomic E-state index is 12.0. The molecule has 1 aliphatic carbocycles. The first-order chi connectivity index (χ1) is 17.6. The van der Waals surface area contributed by atoms with Crippen LogP contribution in [0.4, 0.5) is 5.82 Å². The number of hydrazine groups is 1. The molecule has 37 heavy (non-hydrogen) atoms. The number of fused-ring (bicyclic) bond motifs is 1. The van der Waals surface area contributed by atoms with E-state index in [1.54, 1.807) is 16.7 Å². The second kappa shape index (κ2) is 9.59. The molecule has 4 fully saturated rings. The van der Waals surface area contributed by atoms with E-state index in [1.807, 2.05) is 19.2 Å². The molecule has 1 saturated carbocycles. The molecule has 6 rings (SSSR count). The van der Waals surface area contributed by atoms with Crippen molar-refractivity contribution in [2.75, 3.05) is 30.8 Å². The van der Waals surface area contributed by atoms with Gasteiger partial charge in [0.15, 0.2) is 0 Å². The van der Waals surface area contributed by atoms with Gasteiger partial charge in [0.1, 0.15) is 5.82 Å². The van der Waals surface area contributed by atoms with Gasteiger partial charge in [0.2, 0.25) is 10.0 Å². The second-order valence-corrected chi connectivity index (χ2v) is 13.6. The van der Waals surface area contributed by atoms with Crippen LogP contribution in [0.1, 0.15) is 55.9 Å². The van der Waals surface area contributed by atoms with Crippen LogP contribution in [0.3, 0.4) is 0 Å². The minimum absolute atomic E-state index is 0.102. The van der Waals surface area contributed by atoms with Crippen LogP contribution < -0.4 is 15.8 Å². The molecule has 4 aliphatic rings. The van der Waals surface area contributed by atoms with Crippen molar-refractivity contribution in [1.82, 2.24) is 25.1 Å². The number of anilines is 1. The van der Waals surface area contributed by atoms with Gasteiger partial charge in [-0.15, -0.1) is 0 Å². The van der Waals surface area contributed by atoms with Crippen LogP contribution in [0, 0.1) is 5.92 Å². The van der Waals surface area contributed by atoms with Crippen molar-refractivity contribution < 1.29 is 13.2 Å². The molecule has 0 amide bonds. The number of pyridine rings is 2. The fourth-order valence-electron chi connectivity index (χ4n) is 6.58. The minimum atomic E-state index is -3.16. The molecule has 9 nitrogen and oxygen atoms in total. The van der Waals surface area contributed by atoms with Crippen LogP contribution in [-0.2, 0) is 14.8 Å². The van der Waals surface area contributed by atoms with Gasteiger partial charge in [-0.05, 0) is 50.2 Å². The van der Waals surface area contributed by atoms with E-state index in [0.717, 1.165) is 42.6 Å². The number of aromatic nitrogens is 2. The number of sulfonamides is 1. The van der Waals surface area contributed by atoms with Crippen molar-refractivity contribution in [3.63, 3.8) is 0 Å². The summed E-state index contributed by atoms with van der Waals surface area (Å²) in [4.78, 5) is 10.9. The first kappa shape index (κ1) is 25.7. The molecule has 0 aromatic carbocycles. The maximum Gasteiger partial charge on any atom is 0.211 e. The minimum Gasteiger partial charge on any atom is -0.370 e. The van der Waals surface area contributed by atoms with Gasteiger partial charge in [-0.3, -0.25) is 10.4 Å². The second-order valence-electron chi connectivity index (χ2n) is 10.9. The van der Waals surface area contributed by atoms with Gasteiger partial charge >= 0.3 is 0 Å². The summed E-state index contributed by atoms with van der Waals surface area (Å²) >= 11 is 12.7. The van der Waals surface area contributed by atoms with Crippen LogP contribution in [-0.4, -0.2) is 66.3 Å². The highest BCUT2D eigenvalue weighted by Gasteiger charge is 2.57. The molecule has 4 unspecified atom stereocenters. The summed E-state index contributed by atoms with van der Waals surface area (Å²) in [6.07, 6.45) is 10.1. The Balaban J connectivity index is 1.09. The Labute approximate surface area is 227 Å². The van der Waals surface area contributed by atoms with Gasteiger partial charge in [-0.2, -0.15) is 4.31 Å². The monoisotopic (exact) mass is 566 g/mol. The summed E-state index contributed by atoms with van der Waals surface area (Å²) in [6.45, 7) is 4.00. The number of nitrogens with zero attached hydrogens (tertiary/aromatic N) is 4. The molecule has 0 radical (unpaired) electrons. The molecule has 5 atom stereocenters. The molecule has 2 aromatic rings. The standard InChI is InChI=1S/C25H32Cl2N6O3S/c1-15(23-19(26)11-28-12-20(23)27)36-17-4-5-21-18(9-17)24(31-30-21)16-3-6-22(29-10-16)32-13-25(14-32)7-8-33(25)37(2,34)35/h3,6,10-12,15,17-18,21,24,30-31H,4-5,7-9,13-14H2,1-2H3/t15-,17?,18?,21?,24?/m1/s1. The Morgan fingerprint density at radius 3 is 2.51 bits per heavy atom. The van der Waals surface area contributed by atoms with E-state index in [-0.39, 0.29) is 23.8 Å². The number of hydrogen-bond acceptors (Lipinski definition) is 8. The highest BCUT2D eigenvalue weighted by Crippen LogP contribution is 2.44. The molecule has 2 N–H and O–H groups in total. The largest absolute Gasteiger partial charge is 0.370 e. The summed E-state index contributed by atoms with van der Waals surface area (Å²) < 4.78 is 32.1. The zero-order valence-electron chi connectivity index (χ0n) is 20.9. The van der Waals surface area contributed by atoms with Gasteiger partial charge in [0.05, 0.1) is 40.1 Å². The van der Waals surface area contributed by atoms with Crippen molar-refractivity contribution >= 4 is 39.0 Å². The van der Waals surface area contributed by atoms with Crippen LogP contribution in [0.15, 0.2) is 30.7 Å². The predicted molar refractivity (Wildman–Crippen MR) is 143 cm³/mol. The lowest BCUT2D eigenvalue weighted by molar-refractivity contribution is -0.0370. The van der Waals surface area contributed by atoms with E-state index >= 15 is 0 Å². The Kier molecular flexibility index (Phi) is 6.67. The van der Waals surface area contributed by atoms with Crippen molar-refractivity contribution in [1.29, 1.82) is 0 Å². The fraction of sp³-hybridized carbons (Fsp3) is 0.600. The molecular formula is C25H32Cl2N6O3S. The summed E-state index contributed by atoms with van der Waals surface area (Å²) in [5.74, 6) is 1.26. The topological polar surface area (TPSA) is 99.7 Å². The predicted octanol–water partition coefficient (Wildman–Crippen LogP) is 3.47. The van der Waals surface area contributed by atoms with Crippen molar-refractivity contribution in [2.24, 2.45) is 5.92 Å². The maximum atomic E-state index is 12.0. The van der Waals surface area contributed by atoms with Crippen molar-refractivity contribution in [2.45, 2.75) is 62.4 Å². The Morgan fingerprint density at radius 2 is 1.89 bits per heavy atom. The van der Waals surface area contributed by atoms with E-state index in [2.05, 4.69) is 26.8 Å². The molecule has 0 bridgehead atoms. The smallest absolute Gasteiger partial charge is 0.211 e. The lowest BCUT2D eigenvalue weighted by atomic mass is 9.78. The van der Waals surface area contributed by atoms with Crippen LogP contribution in [0.5, 0.6) is 0 Å². The molecule has 5 heterocycles. The quantitative estimate of drug-likeness (QED) is 0.548. The van der Waals surface area contributed by atoms with Gasteiger partial charge in [-0.1, -0.05) is 29.3 Å². The van der Waals surface area contributed by atoms with Gasteiger partial charge in [-0.25, -0.2) is 18.8 Å². The Hall–Kier alpha value is -1.53. The average molecular weight is 568 g/mol. The molecular weight excluding hydrogens is 535 g/mol. The van der Waals surface area contributed by atoms with E-state index in [4.69, 9.17) is 32.9 Å². The van der Waals surface area contributed by atoms with E-state index in [1.165, 1.54) is 6.26 Å². The molecule has 3 aliphatic heterocycles. The molecule has 200 valence electrons. The van der Waals surface area contributed by atoms with Crippen LogP contribution >= 0.6 is 23.2 Å². The summed E-state index contributed by atoms with van der Waals surface area (Å²) in [7, 11) is -3.16. The zero-order valence-corrected chi connectivity index (χ0v) is 23.2. The molecule has 1 spiro atoms. The van der Waals surface area contributed by atoms with Crippen LogP contribution in [0.2, 0.25) is 10.0 Å². The van der Waals surface area contributed by atoms with Crippen LogP contribution in [0.25, 0.3) is 0 Å². The Morgan fingerprint density at radius 1 is 1.14 bits per heavy atom.